The zero-order chi connectivity index (χ0) is 21.4. The molecule has 30 heavy (non-hydrogen) atoms. The molecule has 0 saturated carbocycles. The van der Waals surface area contributed by atoms with Crippen LogP contribution >= 0.6 is 11.6 Å². The van der Waals surface area contributed by atoms with Gasteiger partial charge in [0.2, 0.25) is 0 Å². The largest absolute Gasteiger partial charge is 0.206 e. The van der Waals surface area contributed by atoms with E-state index in [0.717, 1.165) is 42.5 Å². The third-order valence-electron chi connectivity index (χ3n) is 5.77. The second kappa shape index (κ2) is 8.43. The van der Waals surface area contributed by atoms with E-state index in [2.05, 4.69) is 13.0 Å². The van der Waals surface area contributed by atoms with Gasteiger partial charge in [-0.2, -0.15) is 0 Å². The summed E-state index contributed by atoms with van der Waals surface area (Å²) in [7, 11) is 0. The van der Waals surface area contributed by atoms with Gasteiger partial charge in [0.05, 0.1) is 5.56 Å². The molecule has 0 spiro atoms. The van der Waals surface area contributed by atoms with E-state index >= 15 is 4.39 Å². The Bertz CT molecular complexity index is 1100. The second-order valence-electron chi connectivity index (χ2n) is 7.78. The monoisotopic (exact) mass is 432 g/mol. The van der Waals surface area contributed by atoms with Gasteiger partial charge >= 0.3 is 0 Å². The molecule has 1 aliphatic carbocycles. The van der Waals surface area contributed by atoms with Gasteiger partial charge in [0.25, 0.3) is 0 Å². The number of fused-ring (bicyclic) bond motifs is 3. The molecule has 5 heteroatoms. The summed E-state index contributed by atoms with van der Waals surface area (Å²) in [6.45, 7) is 2.16. The zero-order valence-corrected chi connectivity index (χ0v) is 17.4. The molecule has 0 bridgehead atoms. The summed E-state index contributed by atoms with van der Waals surface area (Å²) in [5.74, 6) is -3.73. The lowest BCUT2D eigenvalue weighted by molar-refractivity contribution is 0.572. The first-order chi connectivity index (χ1) is 14.4. The van der Waals surface area contributed by atoms with Crippen molar-refractivity contribution in [1.29, 1.82) is 0 Å². The predicted molar refractivity (Wildman–Crippen MR) is 113 cm³/mol. The van der Waals surface area contributed by atoms with Crippen molar-refractivity contribution < 1.29 is 17.6 Å². The van der Waals surface area contributed by atoms with Gasteiger partial charge in [0.1, 0.15) is 28.3 Å². The highest BCUT2D eigenvalue weighted by molar-refractivity contribution is 6.31. The van der Waals surface area contributed by atoms with Crippen LogP contribution in [0.1, 0.15) is 42.9 Å². The van der Waals surface area contributed by atoms with Gasteiger partial charge in [-0.25, -0.2) is 17.6 Å². The maximum Gasteiger partial charge on any atom is 0.145 e. The molecule has 0 aliphatic heterocycles. The average Bonchev–Trinajstić information content (AvgIpc) is 2.72. The second-order valence-corrected chi connectivity index (χ2v) is 8.15. The molecular formula is C25H21ClF4. The van der Waals surface area contributed by atoms with Crippen LogP contribution in [0.25, 0.3) is 22.3 Å². The Hall–Kier alpha value is -2.33. The van der Waals surface area contributed by atoms with E-state index in [4.69, 9.17) is 11.6 Å². The minimum Gasteiger partial charge on any atom is -0.206 e. The van der Waals surface area contributed by atoms with Crippen molar-refractivity contribution in [2.24, 2.45) is 0 Å². The standard InChI is InChI=1S/C25H21ClF4/c1-2-3-4-5-14-6-8-17-15(10-14)7-9-18-19(17)13-20(27)23(25(18)30)16-11-21(28)24(26)22(29)12-16/h6,8,10-13H,2-5,7,9H2,1H3. The molecule has 0 heterocycles. The van der Waals surface area contributed by atoms with Gasteiger partial charge in [-0.1, -0.05) is 49.6 Å². The highest BCUT2D eigenvalue weighted by Gasteiger charge is 2.26. The van der Waals surface area contributed by atoms with Gasteiger partial charge in [-0.15, -0.1) is 0 Å². The highest BCUT2D eigenvalue weighted by Crippen LogP contribution is 2.41. The smallest absolute Gasteiger partial charge is 0.145 e. The normalized spacial score (nSPS) is 12.6. The van der Waals surface area contributed by atoms with Crippen LogP contribution in [0.2, 0.25) is 5.02 Å². The Labute approximate surface area is 178 Å². The fourth-order valence-corrected chi connectivity index (χ4v) is 4.33. The molecule has 0 N–H and O–H groups in total. The summed E-state index contributed by atoms with van der Waals surface area (Å²) in [6, 6.07) is 9.05. The molecule has 156 valence electrons. The van der Waals surface area contributed by atoms with E-state index in [1.165, 1.54) is 18.1 Å². The van der Waals surface area contributed by atoms with Gasteiger partial charge < -0.3 is 0 Å². The molecule has 4 rings (SSSR count). The average molecular weight is 433 g/mol. The molecule has 0 radical (unpaired) electrons. The van der Waals surface area contributed by atoms with E-state index in [1.54, 1.807) is 0 Å². The topological polar surface area (TPSA) is 0 Å². The van der Waals surface area contributed by atoms with Crippen molar-refractivity contribution in [3.05, 3.63) is 81.4 Å². The van der Waals surface area contributed by atoms with Crippen LogP contribution in [-0.2, 0) is 19.3 Å². The Morgan fingerprint density at radius 3 is 2.27 bits per heavy atom. The molecule has 0 aromatic heterocycles. The number of hydrogen-bond donors (Lipinski definition) is 0. The zero-order valence-electron chi connectivity index (χ0n) is 16.6. The molecule has 0 saturated heterocycles. The first kappa shape index (κ1) is 20.9. The summed E-state index contributed by atoms with van der Waals surface area (Å²) in [5.41, 5.74) is 3.36. The van der Waals surface area contributed by atoms with Gasteiger partial charge in [0.15, 0.2) is 0 Å². The summed E-state index contributed by atoms with van der Waals surface area (Å²) in [5, 5.41) is -0.693. The van der Waals surface area contributed by atoms with Gasteiger partial charge in [-0.05, 0) is 77.3 Å². The maximum atomic E-state index is 15.3. The highest BCUT2D eigenvalue weighted by atomic mass is 35.5. The van der Waals surface area contributed by atoms with Crippen molar-refractivity contribution in [2.45, 2.75) is 45.4 Å². The first-order valence-electron chi connectivity index (χ1n) is 10.2. The maximum absolute atomic E-state index is 15.3. The van der Waals surface area contributed by atoms with Crippen LogP contribution < -0.4 is 0 Å². The van der Waals surface area contributed by atoms with Crippen molar-refractivity contribution in [3.63, 3.8) is 0 Å². The van der Waals surface area contributed by atoms with Crippen molar-refractivity contribution in [3.8, 4) is 22.3 Å². The summed E-state index contributed by atoms with van der Waals surface area (Å²) >= 11 is 5.50. The lowest BCUT2D eigenvalue weighted by Gasteiger charge is -2.23. The lowest BCUT2D eigenvalue weighted by atomic mass is 9.82. The van der Waals surface area contributed by atoms with Crippen molar-refractivity contribution in [1.82, 2.24) is 0 Å². The molecule has 0 nitrogen and oxygen atoms in total. The SMILES string of the molecule is CCCCCc1ccc2c(c1)CCc1c-2cc(F)c(-c2cc(F)c(Cl)c(F)c2)c1F. The van der Waals surface area contributed by atoms with E-state index in [0.29, 0.717) is 24.0 Å². The number of benzene rings is 3. The summed E-state index contributed by atoms with van der Waals surface area (Å²) < 4.78 is 58.0. The molecule has 0 fully saturated rings. The van der Waals surface area contributed by atoms with Crippen molar-refractivity contribution in [2.75, 3.05) is 0 Å². The van der Waals surface area contributed by atoms with Crippen molar-refractivity contribution >= 4 is 11.6 Å². The van der Waals surface area contributed by atoms with E-state index < -0.39 is 33.9 Å². The molecule has 3 aromatic rings. The fraction of sp³-hybridized carbons (Fsp3) is 0.280. The van der Waals surface area contributed by atoms with Crippen LogP contribution in [0, 0.1) is 23.3 Å². The summed E-state index contributed by atoms with van der Waals surface area (Å²) in [4.78, 5) is 0. The van der Waals surface area contributed by atoms with Gasteiger partial charge in [-0.3, -0.25) is 0 Å². The van der Waals surface area contributed by atoms with Gasteiger partial charge in [0, 0.05) is 0 Å². The lowest BCUT2D eigenvalue weighted by Crippen LogP contribution is -2.09. The minimum absolute atomic E-state index is 0.204. The fourth-order valence-electron chi connectivity index (χ4n) is 4.22. The third-order valence-corrected chi connectivity index (χ3v) is 6.13. The predicted octanol–water partition coefficient (Wildman–Crippen LogP) is 8.06. The Kier molecular flexibility index (Phi) is 5.88. The summed E-state index contributed by atoms with van der Waals surface area (Å²) in [6.07, 6.45) is 5.47. The molecule has 0 amide bonds. The van der Waals surface area contributed by atoms with Crippen LogP contribution in [-0.4, -0.2) is 0 Å². The Balaban J connectivity index is 1.77. The molecule has 0 atom stereocenters. The molecule has 0 unspecified atom stereocenters. The first-order valence-corrected chi connectivity index (χ1v) is 10.6. The number of rotatable bonds is 5. The number of unbranched alkanes of at least 4 members (excludes halogenated alkanes) is 2. The Morgan fingerprint density at radius 1 is 0.833 bits per heavy atom. The van der Waals surface area contributed by atoms with E-state index in [9.17, 15) is 13.2 Å². The van der Waals surface area contributed by atoms with E-state index in [-0.39, 0.29) is 5.56 Å². The third kappa shape index (κ3) is 3.74. The van der Waals surface area contributed by atoms with Crippen LogP contribution in [0.5, 0.6) is 0 Å². The number of aryl methyl sites for hydroxylation is 2. The quantitative estimate of drug-likeness (QED) is 0.217. The van der Waals surface area contributed by atoms with Crippen LogP contribution in [0.15, 0.2) is 36.4 Å². The minimum atomic E-state index is -1.05. The Morgan fingerprint density at radius 2 is 1.57 bits per heavy atom. The molecule has 1 aliphatic rings. The molecule has 3 aromatic carbocycles. The molecular weight excluding hydrogens is 412 g/mol. The van der Waals surface area contributed by atoms with Crippen LogP contribution in [0.4, 0.5) is 17.6 Å². The number of hydrogen-bond acceptors (Lipinski definition) is 0. The number of halogens is 5. The van der Waals surface area contributed by atoms with E-state index in [1.807, 2.05) is 12.1 Å². The van der Waals surface area contributed by atoms with Crippen LogP contribution in [0.3, 0.4) is 0 Å².